The number of primary amides is 1. The Labute approximate surface area is 251 Å². The molecule has 4 rings (SSSR count). The van der Waals surface area contributed by atoms with Crippen molar-refractivity contribution in [1.29, 1.82) is 0 Å². The Kier molecular flexibility index (Phi) is 9.54. The number of amides is 2. The van der Waals surface area contributed by atoms with Gasteiger partial charge in [-0.15, -0.1) is 13.2 Å². The van der Waals surface area contributed by atoms with Gasteiger partial charge in [-0.2, -0.15) is 13.2 Å². The maximum Gasteiger partial charge on any atom is 0.573 e. The molecule has 1 aromatic heterocycles. The summed E-state index contributed by atoms with van der Waals surface area (Å²) < 4.78 is 83.5. The zero-order valence-corrected chi connectivity index (χ0v) is 23.3. The molecule has 0 fully saturated rings. The largest absolute Gasteiger partial charge is 0.573 e. The van der Waals surface area contributed by atoms with Gasteiger partial charge in [0.25, 0.3) is 5.91 Å². The molecule has 0 aliphatic carbocycles. The van der Waals surface area contributed by atoms with Crippen LogP contribution in [0.2, 0.25) is 0 Å². The number of imidazole rings is 1. The van der Waals surface area contributed by atoms with E-state index in [4.69, 9.17) is 17.2 Å². The monoisotopic (exact) mass is 635 g/mol. The second kappa shape index (κ2) is 13.2. The van der Waals surface area contributed by atoms with Crippen molar-refractivity contribution in [3.63, 3.8) is 0 Å². The lowest BCUT2D eigenvalue weighted by atomic mass is 10.1. The maximum atomic E-state index is 13.1. The van der Waals surface area contributed by atoms with E-state index >= 15 is 0 Å². The van der Waals surface area contributed by atoms with Crippen molar-refractivity contribution in [1.82, 2.24) is 14.9 Å². The van der Waals surface area contributed by atoms with Crippen LogP contribution in [0.4, 0.5) is 26.3 Å². The minimum atomic E-state index is -4.96. The van der Waals surface area contributed by atoms with Crippen molar-refractivity contribution in [2.75, 3.05) is 6.54 Å². The van der Waals surface area contributed by atoms with Gasteiger partial charge in [0.2, 0.25) is 5.91 Å². The fourth-order valence-electron chi connectivity index (χ4n) is 4.62. The number of aromatic nitrogens is 2. The Morgan fingerprint density at radius 3 is 2.36 bits per heavy atom. The third-order valence-corrected chi connectivity index (χ3v) is 6.56. The van der Waals surface area contributed by atoms with Gasteiger partial charge < -0.3 is 31.8 Å². The molecule has 0 aliphatic rings. The first kappa shape index (κ1) is 32.6. The molecule has 0 spiro atoms. The summed E-state index contributed by atoms with van der Waals surface area (Å²) in [4.78, 5) is 34.0. The van der Waals surface area contributed by atoms with Crippen LogP contribution >= 0.6 is 0 Å². The minimum Gasteiger partial charge on any atom is -0.406 e. The molecule has 0 unspecified atom stereocenters. The number of hydrogen-bond donors (Lipinski definition) is 4. The van der Waals surface area contributed by atoms with E-state index < -0.39 is 41.7 Å². The highest BCUT2D eigenvalue weighted by Crippen LogP contribution is 2.34. The van der Waals surface area contributed by atoms with Gasteiger partial charge in [0.05, 0.1) is 16.6 Å². The third kappa shape index (κ3) is 8.43. The second-order valence-electron chi connectivity index (χ2n) is 9.83. The molecule has 16 heteroatoms. The summed E-state index contributed by atoms with van der Waals surface area (Å²) in [5.74, 6) is -2.03. The van der Waals surface area contributed by atoms with E-state index in [9.17, 15) is 35.9 Å². The lowest BCUT2D eigenvalue weighted by Gasteiger charge is -2.19. The van der Waals surface area contributed by atoms with Crippen molar-refractivity contribution in [2.24, 2.45) is 22.2 Å². The quantitative estimate of drug-likeness (QED) is 0.0813. The number of carbonyl (C=O) groups excluding carboxylic acids is 2. The van der Waals surface area contributed by atoms with Crippen molar-refractivity contribution in [3.8, 4) is 17.1 Å². The van der Waals surface area contributed by atoms with E-state index in [-0.39, 0.29) is 53.5 Å². The van der Waals surface area contributed by atoms with Crippen LogP contribution in [0.15, 0.2) is 71.7 Å². The number of rotatable bonds is 11. The summed E-state index contributed by atoms with van der Waals surface area (Å²) in [6, 6.07) is 12.7. The summed E-state index contributed by atoms with van der Waals surface area (Å²) >= 11 is 0. The van der Waals surface area contributed by atoms with E-state index in [0.29, 0.717) is 11.9 Å². The zero-order chi connectivity index (χ0) is 32.9. The van der Waals surface area contributed by atoms with Gasteiger partial charge in [-0.25, -0.2) is 4.98 Å². The van der Waals surface area contributed by atoms with E-state index in [2.05, 4.69) is 20.0 Å². The maximum absolute atomic E-state index is 13.1. The number of nitrogens with one attached hydrogen (secondary N) is 1. The van der Waals surface area contributed by atoms with Crippen LogP contribution in [0.25, 0.3) is 22.4 Å². The number of alkyl halides is 6. The van der Waals surface area contributed by atoms with Crippen LogP contribution in [0.3, 0.4) is 0 Å². The topological polar surface area (TPSA) is 164 Å². The molecular formula is C29H27F6N7O3. The Morgan fingerprint density at radius 1 is 0.956 bits per heavy atom. The molecule has 10 nitrogen and oxygen atoms in total. The molecule has 0 saturated heterocycles. The van der Waals surface area contributed by atoms with Crippen LogP contribution in [-0.2, 0) is 17.5 Å². The van der Waals surface area contributed by atoms with Crippen LogP contribution < -0.4 is 27.3 Å². The average Bonchev–Trinajstić information content (AvgIpc) is 3.33. The Hall–Kier alpha value is -5.28. The number of nitrogens with zero attached hydrogens (tertiary/aromatic N) is 3. The van der Waals surface area contributed by atoms with Gasteiger partial charge in [0, 0.05) is 24.2 Å². The van der Waals surface area contributed by atoms with E-state index in [0.717, 1.165) is 24.3 Å². The van der Waals surface area contributed by atoms with Gasteiger partial charge in [0.1, 0.15) is 17.6 Å². The number of aliphatic imine (C=N–C) groups is 1. The summed E-state index contributed by atoms with van der Waals surface area (Å²) in [7, 11) is 0. The van der Waals surface area contributed by atoms with Crippen molar-refractivity contribution >= 4 is 28.8 Å². The number of carbonyl (C=O) groups is 2. The van der Waals surface area contributed by atoms with Crippen molar-refractivity contribution < 1.29 is 40.7 Å². The Balaban J connectivity index is 1.71. The first-order valence-corrected chi connectivity index (χ1v) is 13.3. The number of guanidine groups is 1. The van der Waals surface area contributed by atoms with E-state index in [1.54, 1.807) is 0 Å². The first-order valence-electron chi connectivity index (χ1n) is 13.3. The van der Waals surface area contributed by atoms with Gasteiger partial charge in [0.15, 0.2) is 5.96 Å². The molecule has 1 heterocycles. The average molecular weight is 636 g/mol. The molecule has 0 saturated carbocycles. The molecule has 2 amide bonds. The Bertz CT molecular complexity index is 1730. The molecule has 0 bridgehead atoms. The van der Waals surface area contributed by atoms with Crippen LogP contribution in [0.1, 0.15) is 40.4 Å². The van der Waals surface area contributed by atoms with Gasteiger partial charge in [-0.3, -0.25) is 14.6 Å². The molecule has 45 heavy (non-hydrogen) atoms. The van der Waals surface area contributed by atoms with Crippen LogP contribution in [0.5, 0.6) is 5.75 Å². The molecular weight excluding hydrogens is 608 g/mol. The van der Waals surface area contributed by atoms with Gasteiger partial charge in [-0.05, 0) is 60.9 Å². The predicted molar refractivity (Wildman–Crippen MR) is 153 cm³/mol. The fraction of sp³-hybridized carbons (Fsp3) is 0.241. The van der Waals surface area contributed by atoms with Crippen LogP contribution in [0, 0.1) is 0 Å². The van der Waals surface area contributed by atoms with Crippen molar-refractivity contribution in [3.05, 3.63) is 83.4 Å². The zero-order valence-electron chi connectivity index (χ0n) is 23.3. The number of hydrogen-bond acceptors (Lipinski definition) is 5. The fourth-order valence-corrected chi connectivity index (χ4v) is 4.62. The second-order valence-corrected chi connectivity index (χ2v) is 9.83. The lowest BCUT2D eigenvalue weighted by Crippen LogP contribution is -2.27. The van der Waals surface area contributed by atoms with E-state index in [1.807, 2.05) is 0 Å². The number of ether oxygens (including phenoxy) is 1. The normalized spacial score (nSPS) is 12.5. The molecule has 238 valence electrons. The highest BCUT2D eigenvalue weighted by Gasteiger charge is 2.32. The summed E-state index contributed by atoms with van der Waals surface area (Å²) in [6.45, 7) is -0.0365. The standard InChI is InChI=1S/C29H27F6N7O3/c30-28(31,32)19-6-1-4-16(12-19)15-40-26(44)18-9-10-22-21(14-18)41-25(17-5-2-7-20(13-17)45-29(33,34)35)42(22)23(24(36)43)8-3-11-39-27(37)38/h1-2,4-7,9-10,12-14,23H,3,8,11,15H2,(H2,36,43)(H,40,44)(H4,37,38,39)/t23-/m1/s1. The summed E-state index contributed by atoms with van der Waals surface area (Å²) in [5.41, 5.74) is 16.6. The first-order chi connectivity index (χ1) is 21.1. The van der Waals surface area contributed by atoms with Crippen LogP contribution in [-0.4, -0.2) is 40.2 Å². The Morgan fingerprint density at radius 2 is 1.69 bits per heavy atom. The third-order valence-electron chi connectivity index (χ3n) is 6.56. The molecule has 0 aliphatic heterocycles. The predicted octanol–water partition coefficient (Wildman–Crippen LogP) is 4.63. The number of nitrogens with two attached hydrogens (primary N) is 3. The SMILES string of the molecule is NC(=O)[C@@H](CCCN=C(N)N)n1c(-c2cccc(OC(F)(F)F)c2)nc2cc(C(=O)NCc3cccc(C(F)(F)F)c3)ccc21. The minimum absolute atomic E-state index is 0.0600. The highest BCUT2D eigenvalue weighted by atomic mass is 19.4. The molecule has 3 aromatic carbocycles. The highest BCUT2D eigenvalue weighted by molar-refractivity contribution is 5.98. The summed E-state index contributed by atoms with van der Waals surface area (Å²) in [6.07, 6.45) is -9.08. The molecule has 0 radical (unpaired) electrons. The number of halogens is 6. The van der Waals surface area contributed by atoms with Crippen molar-refractivity contribution in [2.45, 2.75) is 38.0 Å². The molecule has 4 aromatic rings. The smallest absolute Gasteiger partial charge is 0.406 e. The molecule has 7 N–H and O–H groups in total. The number of benzene rings is 3. The summed E-state index contributed by atoms with van der Waals surface area (Å²) in [5, 5.41) is 2.55. The van der Waals surface area contributed by atoms with E-state index in [1.165, 1.54) is 47.0 Å². The number of fused-ring (bicyclic) bond motifs is 1. The molecule has 1 atom stereocenters. The van der Waals surface area contributed by atoms with Gasteiger partial charge >= 0.3 is 12.5 Å². The lowest BCUT2D eigenvalue weighted by molar-refractivity contribution is -0.274. The van der Waals surface area contributed by atoms with Gasteiger partial charge in [-0.1, -0.05) is 24.3 Å².